The van der Waals surface area contributed by atoms with E-state index in [-0.39, 0.29) is 5.91 Å². The van der Waals surface area contributed by atoms with E-state index in [0.717, 1.165) is 44.7 Å². The van der Waals surface area contributed by atoms with Gasteiger partial charge in [-0.25, -0.2) is 10.4 Å². The van der Waals surface area contributed by atoms with Crippen LogP contribution in [0.1, 0.15) is 27.3 Å². The van der Waals surface area contributed by atoms with Crippen molar-refractivity contribution in [3.63, 3.8) is 0 Å². The lowest BCUT2D eigenvalue weighted by Gasteiger charge is -2.09. The van der Waals surface area contributed by atoms with Gasteiger partial charge in [0.2, 0.25) is 0 Å². The van der Waals surface area contributed by atoms with Gasteiger partial charge >= 0.3 is 0 Å². The molecule has 0 saturated carbocycles. The summed E-state index contributed by atoms with van der Waals surface area (Å²) in [7, 11) is 0. The molecule has 0 unspecified atom stereocenters. The van der Waals surface area contributed by atoms with Gasteiger partial charge < -0.3 is 9.88 Å². The topological polar surface area (TPSA) is 71.3 Å². The summed E-state index contributed by atoms with van der Waals surface area (Å²) in [5.74, 6) is -0.275. The summed E-state index contributed by atoms with van der Waals surface area (Å²) in [6.45, 7) is 4.10. The average molecular weight is 652 g/mol. The number of amides is 1. The van der Waals surface area contributed by atoms with Gasteiger partial charge in [0.05, 0.1) is 11.9 Å². The van der Waals surface area contributed by atoms with Crippen molar-refractivity contribution in [3.05, 3.63) is 115 Å². The number of nitrogens with one attached hydrogen (secondary N) is 2. The minimum absolute atomic E-state index is 0.275. The lowest BCUT2D eigenvalue weighted by atomic mass is 10.1. The molecule has 5 rings (SSSR count). The fraction of sp³-hybridized carbons (Fsp3) is 0.0690. The van der Waals surface area contributed by atoms with Crippen molar-refractivity contribution < 1.29 is 4.79 Å². The number of thiazole rings is 1. The summed E-state index contributed by atoms with van der Waals surface area (Å²) >= 11 is 9.77. The first-order valence-electron chi connectivity index (χ1n) is 11.7. The number of rotatable bonds is 7. The lowest BCUT2D eigenvalue weighted by Crippen LogP contribution is -2.17. The normalized spacial score (nSPS) is 11.2. The molecule has 2 aromatic heterocycles. The molecule has 0 atom stereocenters. The van der Waals surface area contributed by atoms with Crippen LogP contribution in [-0.4, -0.2) is 21.7 Å². The van der Waals surface area contributed by atoms with Crippen LogP contribution in [0.15, 0.2) is 89.3 Å². The Labute approximate surface area is 243 Å². The molecule has 0 radical (unpaired) electrons. The molecule has 3 aromatic carbocycles. The predicted octanol–water partition coefficient (Wildman–Crippen LogP) is 7.98. The van der Waals surface area contributed by atoms with Crippen molar-refractivity contribution in [1.29, 1.82) is 0 Å². The maximum absolute atomic E-state index is 12.7. The molecule has 0 aliphatic heterocycles. The molecule has 9 heteroatoms. The monoisotopic (exact) mass is 651 g/mol. The van der Waals surface area contributed by atoms with E-state index in [9.17, 15) is 4.79 Å². The van der Waals surface area contributed by atoms with E-state index < -0.39 is 0 Å². The number of hydrogen-bond donors (Lipinski definition) is 2. The number of aryl methyl sites for hydroxylation is 1. The molecular weight excluding hydrogens is 629 g/mol. The van der Waals surface area contributed by atoms with Crippen LogP contribution in [0.5, 0.6) is 0 Å². The fourth-order valence-corrected chi connectivity index (χ4v) is 5.46. The number of hydrogen-bond acceptors (Lipinski definition) is 5. The largest absolute Gasteiger partial charge is 0.332 e. The van der Waals surface area contributed by atoms with E-state index in [1.54, 1.807) is 18.3 Å². The Hall–Kier alpha value is -3.47. The van der Waals surface area contributed by atoms with Crippen LogP contribution in [0.4, 0.5) is 10.8 Å². The van der Waals surface area contributed by atoms with Crippen LogP contribution in [0.25, 0.3) is 16.9 Å². The maximum Gasteiger partial charge on any atom is 0.271 e. The molecule has 5 aromatic rings. The van der Waals surface area contributed by atoms with Crippen molar-refractivity contribution in [1.82, 2.24) is 15.0 Å². The van der Waals surface area contributed by atoms with Gasteiger partial charge in [-0.3, -0.25) is 4.79 Å². The van der Waals surface area contributed by atoms with E-state index in [0.29, 0.717) is 10.6 Å². The first-order valence-corrected chi connectivity index (χ1v) is 14.1. The van der Waals surface area contributed by atoms with Gasteiger partial charge in [0, 0.05) is 53.4 Å². The molecule has 2 heterocycles. The number of benzene rings is 3. The van der Waals surface area contributed by atoms with Crippen molar-refractivity contribution in [2.75, 3.05) is 5.32 Å². The van der Waals surface area contributed by atoms with Gasteiger partial charge in [-0.15, -0.1) is 11.3 Å². The second-order valence-electron chi connectivity index (χ2n) is 8.59. The smallest absolute Gasteiger partial charge is 0.271 e. The third-order valence-electron chi connectivity index (χ3n) is 5.95. The molecule has 6 nitrogen and oxygen atoms in total. The second-order valence-corrected chi connectivity index (χ2v) is 11.1. The molecule has 0 aliphatic rings. The van der Waals surface area contributed by atoms with Gasteiger partial charge in [-0.2, -0.15) is 5.10 Å². The van der Waals surface area contributed by atoms with Crippen molar-refractivity contribution in [3.8, 4) is 16.9 Å². The van der Waals surface area contributed by atoms with Gasteiger partial charge in [-0.1, -0.05) is 29.8 Å². The Balaban J connectivity index is 1.22. The highest BCUT2D eigenvalue weighted by Crippen LogP contribution is 2.28. The summed E-state index contributed by atoms with van der Waals surface area (Å²) < 4.78 is 3.35. The third-order valence-corrected chi connectivity index (χ3v) is 7.63. The minimum Gasteiger partial charge on any atom is -0.332 e. The molecule has 2 N–H and O–H groups in total. The maximum atomic E-state index is 12.7. The average Bonchev–Trinajstić information content (AvgIpc) is 3.49. The van der Waals surface area contributed by atoms with Crippen LogP contribution in [0.3, 0.4) is 0 Å². The molecule has 1 amide bonds. The Morgan fingerprint density at radius 2 is 1.82 bits per heavy atom. The SMILES string of the molecule is Cc1cc(/C=N\NC(=O)c2ccc(-c3csc(Nc4ccc(Cl)cc4)n3)cc2)c(C)n1-c1cccc(I)c1. The summed E-state index contributed by atoms with van der Waals surface area (Å²) in [6.07, 6.45) is 1.68. The molecule has 0 aliphatic carbocycles. The summed E-state index contributed by atoms with van der Waals surface area (Å²) in [5.41, 5.74) is 10.0. The van der Waals surface area contributed by atoms with Gasteiger partial charge in [-0.05, 0) is 97.1 Å². The number of anilines is 2. The Kier molecular flexibility index (Phi) is 7.92. The van der Waals surface area contributed by atoms with Crippen LogP contribution in [0, 0.1) is 17.4 Å². The predicted molar refractivity (Wildman–Crippen MR) is 165 cm³/mol. The van der Waals surface area contributed by atoms with Crippen LogP contribution in [-0.2, 0) is 0 Å². The Morgan fingerprint density at radius 1 is 1.05 bits per heavy atom. The lowest BCUT2D eigenvalue weighted by molar-refractivity contribution is 0.0955. The molecule has 0 bridgehead atoms. The zero-order valence-electron chi connectivity index (χ0n) is 20.6. The fourth-order valence-electron chi connectivity index (χ4n) is 4.07. The zero-order valence-corrected chi connectivity index (χ0v) is 24.3. The highest BCUT2D eigenvalue weighted by atomic mass is 127. The van der Waals surface area contributed by atoms with Crippen LogP contribution >= 0.6 is 45.5 Å². The van der Waals surface area contributed by atoms with Crippen molar-refractivity contribution in [2.24, 2.45) is 5.10 Å². The van der Waals surface area contributed by atoms with E-state index in [2.05, 4.69) is 79.2 Å². The molecule has 38 heavy (non-hydrogen) atoms. The summed E-state index contributed by atoms with van der Waals surface area (Å²) in [5, 5.41) is 10.9. The molecule has 190 valence electrons. The number of carbonyl (C=O) groups is 1. The van der Waals surface area contributed by atoms with Crippen molar-refractivity contribution in [2.45, 2.75) is 13.8 Å². The highest BCUT2D eigenvalue weighted by molar-refractivity contribution is 14.1. The van der Waals surface area contributed by atoms with Crippen LogP contribution < -0.4 is 10.7 Å². The first kappa shape index (κ1) is 26.1. The molecule has 0 saturated heterocycles. The number of aromatic nitrogens is 2. The quantitative estimate of drug-likeness (QED) is 0.107. The van der Waals surface area contributed by atoms with E-state index in [1.807, 2.05) is 54.8 Å². The first-order chi connectivity index (χ1) is 18.4. The molecular formula is C29H23ClIN5OS. The number of carbonyl (C=O) groups excluding carboxylic acids is 1. The summed E-state index contributed by atoms with van der Waals surface area (Å²) in [4.78, 5) is 17.3. The van der Waals surface area contributed by atoms with Crippen LogP contribution in [0.2, 0.25) is 5.02 Å². The standard InChI is InChI=1S/C29H23ClIN5OS/c1-18-14-22(19(2)36(18)26-5-3-4-24(31)15-26)16-32-35-28(37)21-8-6-20(7-9-21)27-17-38-29(34-27)33-25-12-10-23(30)11-13-25/h3-17H,1-2H3,(H,33,34)(H,35,37)/b32-16-. The van der Waals surface area contributed by atoms with Gasteiger partial charge in [0.1, 0.15) is 0 Å². The number of halogens is 2. The minimum atomic E-state index is -0.275. The Morgan fingerprint density at radius 3 is 2.55 bits per heavy atom. The summed E-state index contributed by atoms with van der Waals surface area (Å²) in [6, 6.07) is 25.2. The third kappa shape index (κ3) is 5.98. The van der Waals surface area contributed by atoms with Gasteiger partial charge in [0.15, 0.2) is 5.13 Å². The van der Waals surface area contributed by atoms with E-state index in [1.165, 1.54) is 14.9 Å². The second kappa shape index (κ2) is 11.5. The van der Waals surface area contributed by atoms with E-state index >= 15 is 0 Å². The number of nitrogens with zero attached hydrogens (tertiary/aromatic N) is 3. The Bertz CT molecular complexity index is 1620. The highest BCUT2D eigenvalue weighted by Gasteiger charge is 2.11. The molecule has 0 fully saturated rings. The molecule has 0 spiro atoms. The van der Waals surface area contributed by atoms with E-state index in [4.69, 9.17) is 11.6 Å². The zero-order chi connectivity index (χ0) is 26.6. The van der Waals surface area contributed by atoms with Crippen molar-refractivity contribution >= 4 is 68.5 Å². The van der Waals surface area contributed by atoms with Gasteiger partial charge in [0.25, 0.3) is 5.91 Å². The number of hydrazone groups is 1.